The van der Waals surface area contributed by atoms with Crippen molar-refractivity contribution >= 4 is 39.6 Å². The van der Waals surface area contributed by atoms with Crippen LogP contribution in [0.15, 0.2) is 6.07 Å². The Kier molecular flexibility index (Phi) is 5.99. The Hall–Kier alpha value is -1.14. The van der Waals surface area contributed by atoms with Crippen molar-refractivity contribution in [2.45, 2.75) is 51.5 Å². The Morgan fingerprint density at radius 2 is 2.14 bits per heavy atom. The van der Waals surface area contributed by atoms with E-state index in [2.05, 4.69) is 17.6 Å². The number of esters is 1. The average Bonchev–Trinajstić information content (AvgIpc) is 2.90. The monoisotopic (exact) mass is 326 g/mol. The topological polar surface area (TPSA) is 50.4 Å². The number of thiophene rings is 1. The van der Waals surface area contributed by atoms with Gasteiger partial charge in [-0.3, -0.25) is 0 Å². The maximum Gasteiger partial charge on any atom is 0.340 e. The predicted molar refractivity (Wildman–Crippen MR) is 91.3 cm³/mol. The molecule has 4 nitrogen and oxygen atoms in total. The van der Waals surface area contributed by atoms with Crippen LogP contribution in [0, 0.1) is 0 Å². The second-order valence-corrected chi connectivity index (χ2v) is 6.78. The molecule has 0 aliphatic heterocycles. The summed E-state index contributed by atoms with van der Waals surface area (Å²) in [5.41, 5.74) is 0.562. The molecule has 1 heterocycles. The smallest absolute Gasteiger partial charge is 0.340 e. The van der Waals surface area contributed by atoms with Crippen LogP contribution in [0.2, 0.25) is 0 Å². The van der Waals surface area contributed by atoms with Gasteiger partial charge in [0.15, 0.2) is 5.11 Å². The summed E-state index contributed by atoms with van der Waals surface area (Å²) in [4.78, 5) is 13.0. The van der Waals surface area contributed by atoms with Gasteiger partial charge in [-0.1, -0.05) is 26.2 Å². The number of methoxy groups -OCH3 is 1. The Morgan fingerprint density at radius 3 is 2.76 bits per heavy atom. The number of ether oxygens (including phenoxy) is 1. The summed E-state index contributed by atoms with van der Waals surface area (Å²) in [7, 11) is 1.40. The minimum absolute atomic E-state index is 0.325. The fourth-order valence-electron chi connectivity index (χ4n) is 2.54. The maximum atomic E-state index is 11.8. The largest absolute Gasteiger partial charge is 0.465 e. The Morgan fingerprint density at radius 1 is 1.43 bits per heavy atom. The second kappa shape index (κ2) is 7.75. The number of carbonyl (C=O) groups is 1. The van der Waals surface area contributed by atoms with E-state index in [0.29, 0.717) is 16.7 Å². The molecule has 2 N–H and O–H groups in total. The molecule has 21 heavy (non-hydrogen) atoms. The molecular formula is C15H22N2O2S2. The second-order valence-electron chi connectivity index (χ2n) is 5.23. The quantitative estimate of drug-likeness (QED) is 0.652. The number of rotatable bonds is 4. The molecule has 0 unspecified atom stereocenters. The number of anilines is 1. The third kappa shape index (κ3) is 4.41. The van der Waals surface area contributed by atoms with Crippen molar-refractivity contribution in [3.8, 4) is 0 Å². The van der Waals surface area contributed by atoms with Crippen molar-refractivity contribution in [3.63, 3.8) is 0 Å². The molecule has 0 bridgehead atoms. The first-order valence-corrected chi connectivity index (χ1v) is 8.65. The molecule has 0 aromatic carbocycles. The van der Waals surface area contributed by atoms with Crippen molar-refractivity contribution in [2.75, 3.05) is 12.4 Å². The SMILES string of the molecule is CCc1cc(C(=O)OC)c(NC(=S)NC2CCCCC2)s1. The number of nitrogens with one attached hydrogen (secondary N) is 2. The molecule has 0 spiro atoms. The molecule has 1 aliphatic carbocycles. The highest BCUT2D eigenvalue weighted by atomic mass is 32.1. The molecule has 1 aliphatic rings. The standard InChI is InChI=1S/C15H22N2O2S2/c1-3-11-9-12(14(18)19-2)13(21-11)17-15(20)16-10-7-5-4-6-8-10/h9-10H,3-8H2,1-2H3,(H2,16,17,20). The van der Waals surface area contributed by atoms with Crippen molar-refractivity contribution in [1.82, 2.24) is 5.32 Å². The summed E-state index contributed by atoms with van der Waals surface area (Å²) in [5, 5.41) is 7.88. The predicted octanol–water partition coefficient (Wildman–Crippen LogP) is 3.72. The lowest BCUT2D eigenvalue weighted by Gasteiger charge is -2.24. The molecule has 1 fully saturated rings. The highest BCUT2D eigenvalue weighted by Crippen LogP contribution is 2.29. The number of aryl methyl sites for hydroxylation is 1. The fourth-order valence-corrected chi connectivity index (χ4v) is 3.86. The van der Waals surface area contributed by atoms with Gasteiger partial charge < -0.3 is 15.4 Å². The molecular weight excluding hydrogens is 304 g/mol. The van der Waals surface area contributed by atoms with Crippen LogP contribution in [0.5, 0.6) is 0 Å². The molecule has 1 saturated carbocycles. The van der Waals surface area contributed by atoms with E-state index in [4.69, 9.17) is 17.0 Å². The first kappa shape index (κ1) is 16.2. The van der Waals surface area contributed by atoms with Gasteiger partial charge in [-0.25, -0.2) is 4.79 Å². The summed E-state index contributed by atoms with van der Waals surface area (Å²) < 4.78 is 4.83. The number of thiocarbonyl (C=S) groups is 1. The summed E-state index contributed by atoms with van der Waals surface area (Å²) in [6, 6.07) is 2.33. The highest BCUT2D eigenvalue weighted by molar-refractivity contribution is 7.80. The zero-order valence-electron chi connectivity index (χ0n) is 12.5. The van der Waals surface area contributed by atoms with Crippen LogP contribution in [0.4, 0.5) is 5.00 Å². The Balaban J connectivity index is 2.01. The van der Waals surface area contributed by atoms with Crippen molar-refractivity contribution in [3.05, 3.63) is 16.5 Å². The van der Waals surface area contributed by atoms with Crippen LogP contribution in [0.25, 0.3) is 0 Å². The van der Waals surface area contributed by atoms with E-state index in [1.54, 1.807) is 11.3 Å². The first-order chi connectivity index (χ1) is 10.1. The normalized spacial score (nSPS) is 15.5. The van der Waals surface area contributed by atoms with E-state index < -0.39 is 0 Å². The van der Waals surface area contributed by atoms with Crippen LogP contribution in [0.3, 0.4) is 0 Å². The maximum absolute atomic E-state index is 11.8. The lowest BCUT2D eigenvalue weighted by atomic mass is 9.96. The minimum Gasteiger partial charge on any atom is -0.465 e. The molecule has 1 aromatic rings. The van der Waals surface area contributed by atoms with E-state index in [9.17, 15) is 4.79 Å². The van der Waals surface area contributed by atoms with Crippen LogP contribution < -0.4 is 10.6 Å². The van der Waals surface area contributed by atoms with Crippen molar-refractivity contribution in [1.29, 1.82) is 0 Å². The van der Waals surface area contributed by atoms with E-state index in [-0.39, 0.29) is 5.97 Å². The summed E-state index contributed by atoms with van der Waals surface area (Å²) in [6.07, 6.45) is 7.04. The molecule has 6 heteroatoms. The zero-order chi connectivity index (χ0) is 15.2. The summed E-state index contributed by atoms with van der Waals surface area (Å²) in [5.74, 6) is -0.325. The van der Waals surface area contributed by atoms with Crippen LogP contribution in [-0.4, -0.2) is 24.2 Å². The first-order valence-electron chi connectivity index (χ1n) is 7.42. The van der Waals surface area contributed by atoms with Gasteiger partial charge in [0.2, 0.25) is 0 Å². The Labute approximate surface area is 135 Å². The van der Waals surface area contributed by atoms with Gasteiger partial charge in [0.25, 0.3) is 0 Å². The average molecular weight is 326 g/mol. The van der Waals surface area contributed by atoms with Gasteiger partial charge in [0, 0.05) is 10.9 Å². The summed E-state index contributed by atoms with van der Waals surface area (Å²) in [6.45, 7) is 2.06. The lowest BCUT2D eigenvalue weighted by molar-refractivity contribution is 0.0602. The number of hydrogen-bond donors (Lipinski definition) is 2. The van der Waals surface area contributed by atoms with E-state index >= 15 is 0 Å². The van der Waals surface area contributed by atoms with Gasteiger partial charge in [0.05, 0.1) is 12.7 Å². The van der Waals surface area contributed by atoms with Gasteiger partial charge >= 0.3 is 5.97 Å². The van der Waals surface area contributed by atoms with E-state index in [1.807, 2.05) is 6.07 Å². The molecule has 0 atom stereocenters. The van der Waals surface area contributed by atoms with Crippen LogP contribution >= 0.6 is 23.6 Å². The lowest BCUT2D eigenvalue weighted by Crippen LogP contribution is -2.38. The van der Waals surface area contributed by atoms with E-state index in [1.165, 1.54) is 26.4 Å². The van der Waals surface area contributed by atoms with Crippen molar-refractivity contribution < 1.29 is 9.53 Å². The van der Waals surface area contributed by atoms with Gasteiger partial charge in [-0.15, -0.1) is 11.3 Å². The fraction of sp³-hybridized carbons (Fsp3) is 0.600. The molecule has 0 radical (unpaired) electrons. The molecule has 1 aromatic heterocycles. The molecule has 0 saturated heterocycles. The van der Waals surface area contributed by atoms with Crippen LogP contribution in [-0.2, 0) is 11.2 Å². The van der Waals surface area contributed by atoms with E-state index in [0.717, 1.165) is 29.1 Å². The minimum atomic E-state index is -0.325. The highest BCUT2D eigenvalue weighted by Gasteiger charge is 2.19. The van der Waals surface area contributed by atoms with Crippen molar-refractivity contribution in [2.24, 2.45) is 0 Å². The van der Waals surface area contributed by atoms with Crippen LogP contribution in [0.1, 0.15) is 54.3 Å². The molecule has 2 rings (SSSR count). The Bertz CT molecular complexity index is 508. The third-order valence-corrected chi connectivity index (χ3v) is 5.12. The third-order valence-electron chi connectivity index (χ3n) is 3.70. The summed E-state index contributed by atoms with van der Waals surface area (Å²) >= 11 is 6.93. The van der Waals surface area contributed by atoms with Gasteiger partial charge in [0.1, 0.15) is 5.00 Å². The van der Waals surface area contributed by atoms with Gasteiger partial charge in [-0.2, -0.15) is 0 Å². The molecule has 0 amide bonds. The zero-order valence-corrected chi connectivity index (χ0v) is 14.2. The molecule has 116 valence electrons. The number of carbonyl (C=O) groups excluding carboxylic acids is 1. The number of hydrogen-bond acceptors (Lipinski definition) is 4. The van der Waals surface area contributed by atoms with Gasteiger partial charge in [-0.05, 0) is 37.5 Å².